The zero-order valence-electron chi connectivity index (χ0n) is 16.1. The Morgan fingerprint density at radius 1 is 0.840 bits per heavy atom. The fourth-order valence-corrected chi connectivity index (χ4v) is 11.5. The van der Waals surface area contributed by atoms with E-state index in [1.165, 1.54) is 5.32 Å². The Labute approximate surface area is 151 Å². The van der Waals surface area contributed by atoms with Crippen molar-refractivity contribution in [1.29, 1.82) is 0 Å². The van der Waals surface area contributed by atoms with Crippen molar-refractivity contribution in [3.8, 4) is 11.4 Å². The Balaban J connectivity index is 2.29. The van der Waals surface area contributed by atoms with E-state index in [0.717, 1.165) is 16.9 Å². The zero-order chi connectivity index (χ0) is 18.2. The van der Waals surface area contributed by atoms with Crippen LogP contribution < -0.4 is 5.32 Å². The molecule has 0 fully saturated rings. The van der Waals surface area contributed by atoms with Crippen molar-refractivity contribution in [1.82, 2.24) is 19.8 Å². The predicted molar refractivity (Wildman–Crippen MR) is 107 cm³/mol. The number of nitrogens with zero attached hydrogens (tertiary/aromatic N) is 4. The summed E-state index contributed by atoms with van der Waals surface area (Å²) < 4.78 is 2.09. The number of rotatable bonds is 5. The van der Waals surface area contributed by atoms with Crippen molar-refractivity contribution in [2.24, 2.45) is 0 Å². The van der Waals surface area contributed by atoms with Gasteiger partial charge in [0.05, 0.1) is 11.2 Å². The average molecular weight is 353 g/mol. The van der Waals surface area contributed by atoms with Crippen LogP contribution in [0.2, 0.25) is 16.6 Å². The van der Waals surface area contributed by atoms with Crippen LogP contribution in [0.5, 0.6) is 0 Å². The number of aromatic nitrogens is 4. The van der Waals surface area contributed by atoms with E-state index in [9.17, 15) is 0 Å². The van der Waals surface area contributed by atoms with Gasteiger partial charge in [-0.3, -0.25) is 4.98 Å². The molecule has 4 nitrogen and oxygen atoms in total. The Hall–Kier alpha value is -2.01. The molecule has 3 aromatic heterocycles. The van der Waals surface area contributed by atoms with Crippen LogP contribution in [-0.2, 0) is 0 Å². The van der Waals surface area contributed by atoms with E-state index >= 15 is 0 Å². The van der Waals surface area contributed by atoms with Crippen LogP contribution in [-0.4, -0.2) is 27.9 Å². The average Bonchev–Trinajstić information content (AvgIpc) is 3.00. The van der Waals surface area contributed by atoms with Gasteiger partial charge >= 0.3 is 0 Å². The third-order valence-electron chi connectivity index (χ3n) is 5.66. The molecule has 3 rings (SSSR count). The maximum atomic E-state index is 4.57. The van der Waals surface area contributed by atoms with Gasteiger partial charge in [-0.2, -0.15) is 0 Å². The van der Waals surface area contributed by atoms with E-state index in [-0.39, 0.29) is 0 Å². The summed E-state index contributed by atoms with van der Waals surface area (Å²) in [6.07, 6.45) is 1.81. The second-order valence-corrected chi connectivity index (χ2v) is 13.6. The monoisotopic (exact) mass is 352 g/mol. The number of fused-ring (bicyclic) bond motifs is 1. The highest BCUT2D eigenvalue weighted by Gasteiger charge is 2.46. The molecule has 0 aliphatic heterocycles. The Kier molecular flexibility index (Phi) is 4.78. The van der Waals surface area contributed by atoms with Gasteiger partial charge in [-0.15, -0.1) is 5.10 Å². The molecule has 0 saturated heterocycles. The largest absolute Gasteiger partial charge is 0.254 e. The van der Waals surface area contributed by atoms with Crippen molar-refractivity contribution in [2.45, 2.75) is 58.2 Å². The molecule has 0 saturated carbocycles. The molecule has 0 aromatic carbocycles. The first-order valence-electron chi connectivity index (χ1n) is 9.17. The van der Waals surface area contributed by atoms with Crippen molar-refractivity contribution >= 4 is 18.9 Å². The second kappa shape index (κ2) is 6.71. The van der Waals surface area contributed by atoms with Crippen LogP contribution in [0.15, 0.2) is 42.6 Å². The van der Waals surface area contributed by atoms with Crippen LogP contribution >= 0.6 is 0 Å². The Morgan fingerprint density at radius 3 is 2.08 bits per heavy atom. The molecule has 25 heavy (non-hydrogen) atoms. The molecule has 0 unspecified atom stereocenters. The van der Waals surface area contributed by atoms with Gasteiger partial charge in [-0.05, 0) is 40.9 Å². The second-order valence-electron chi connectivity index (χ2n) is 7.76. The topological polar surface area (TPSA) is 43.1 Å². The van der Waals surface area contributed by atoms with Gasteiger partial charge in [0.2, 0.25) is 0 Å². The van der Waals surface area contributed by atoms with Crippen LogP contribution in [0.4, 0.5) is 0 Å². The lowest BCUT2D eigenvalue weighted by atomic mass is 10.2. The number of hydrogen-bond donors (Lipinski definition) is 0. The summed E-state index contributed by atoms with van der Waals surface area (Å²) in [7, 11) is -1.82. The highest BCUT2D eigenvalue weighted by Crippen LogP contribution is 2.41. The lowest BCUT2D eigenvalue weighted by molar-refractivity contribution is 0.807. The van der Waals surface area contributed by atoms with Crippen LogP contribution in [0.3, 0.4) is 0 Å². The molecule has 0 N–H and O–H groups in total. The summed E-state index contributed by atoms with van der Waals surface area (Å²) in [5, 5.41) is 10.4. The van der Waals surface area contributed by atoms with Crippen molar-refractivity contribution in [2.75, 3.05) is 0 Å². The number of hydrogen-bond acceptors (Lipinski definition) is 3. The Bertz CT molecular complexity index is 831. The fraction of sp³-hybridized carbons (Fsp3) is 0.450. The smallest absolute Gasteiger partial charge is 0.139 e. The molecular weight excluding hydrogens is 324 g/mol. The molecule has 132 valence electrons. The quantitative estimate of drug-likeness (QED) is 0.626. The zero-order valence-corrected chi connectivity index (χ0v) is 17.1. The molecule has 0 bridgehead atoms. The third kappa shape index (κ3) is 2.70. The summed E-state index contributed by atoms with van der Waals surface area (Å²) in [5.41, 5.74) is 4.67. The summed E-state index contributed by atoms with van der Waals surface area (Å²) in [6, 6.07) is 12.5. The van der Waals surface area contributed by atoms with Crippen molar-refractivity contribution in [3.63, 3.8) is 0 Å². The molecule has 0 aliphatic carbocycles. The lowest BCUT2D eigenvalue weighted by Gasteiger charge is -2.43. The molecule has 0 aliphatic rings. The molecular formula is C20H28N4Si. The highest BCUT2D eigenvalue weighted by molar-refractivity contribution is 6.94. The van der Waals surface area contributed by atoms with E-state index < -0.39 is 8.07 Å². The summed E-state index contributed by atoms with van der Waals surface area (Å²) in [6.45, 7) is 14.3. The minimum Gasteiger partial charge on any atom is -0.254 e. The molecule has 0 amide bonds. The first kappa shape index (κ1) is 17.8. The predicted octanol–water partition coefficient (Wildman–Crippen LogP) is 4.68. The normalized spacial score (nSPS) is 12.7. The molecule has 3 heterocycles. The molecule has 3 aromatic rings. The van der Waals surface area contributed by atoms with E-state index in [0.29, 0.717) is 16.6 Å². The van der Waals surface area contributed by atoms with E-state index in [1.807, 2.05) is 18.2 Å². The molecule has 0 spiro atoms. The van der Waals surface area contributed by atoms with Gasteiger partial charge in [0.1, 0.15) is 13.8 Å². The molecule has 5 heteroatoms. The highest BCUT2D eigenvalue weighted by atomic mass is 28.3. The minimum absolute atomic E-state index is 0.626. The molecule has 0 radical (unpaired) electrons. The van der Waals surface area contributed by atoms with Crippen molar-refractivity contribution in [3.05, 3.63) is 42.6 Å². The van der Waals surface area contributed by atoms with Gasteiger partial charge in [-0.1, -0.05) is 58.9 Å². The van der Waals surface area contributed by atoms with E-state index in [4.69, 9.17) is 0 Å². The maximum Gasteiger partial charge on any atom is 0.139 e. The van der Waals surface area contributed by atoms with Crippen LogP contribution in [0.1, 0.15) is 41.5 Å². The van der Waals surface area contributed by atoms with Gasteiger partial charge in [0, 0.05) is 11.5 Å². The van der Waals surface area contributed by atoms with E-state index in [1.54, 1.807) is 6.20 Å². The van der Waals surface area contributed by atoms with Gasteiger partial charge in [0.15, 0.2) is 0 Å². The lowest BCUT2D eigenvalue weighted by Crippen LogP contribution is -2.58. The number of pyridine rings is 2. The first-order chi connectivity index (χ1) is 11.9. The first-order valence-corrected chi connectivity index (χ1v) is 11.4. The standard InChI is InChI=1S/C20H28N4Si/c1-14(2)25(15(3)4,16(5)6)19-12-9-11-18-20(22-23-24(18)19)17-10-7-8-13-21-17/h7-16H,1-6H3. The van der Waals surface area contributed by atoms with Crippen LogP contribution in [0.25, 0.3) is 16.9 Å². The third-order valence-corrected chi connectivity index (χ3v) is 12.7. The summed E-state index contributed by atoms with van der Waals surface area (Å²) >= 11 is 0. The summed E-state index contributed by atoms with van der Waals surface area (Å²) in [4.78, 5) is 4.46. The van der Waals surface area contributed by atoms with Gasteiger partial charge in [-0.25, -0.2) is 4.52 Å². The molecule has 0 atom stereocenters. The Morgan fingerprint density at radius 2 is 1.52 bits per heavy atom. The summed E-state index contributed by atoms with van der Waals surface area (Å²) in [5.74, 6) is 0. The maximum absolute atomic E-state index is 4.57. The minimum atomic E-state index is -1.82. The van der Waals surface area contributed by atoms with Gasteiger partial charge in [0.25, 0.3) is 0 Å². The van der Waals surface area contributed by atoms with Gasteiger partial charge < -0.3 is 0 Å². The van der Waals surface area contributed by atoms with Crippen molar-refractivity contribution < 1.29 is 0 Å². The van der Waals surface area contributed by atoms with Crippen LogP contribution in [0, 0.1) is 0 Å². The van der Waals surface area contributed by atoms with E-state index in [2.05, 4.69) is 79.6 Å². The SMILES string of the molecule is CC(C)[Si](c1cccc2c(-c3ccccn3)nnn12)(C(C)C)C(C)C. The fourth-order valence-electron chi connectivity index (χ4n) is 4.82.